The summed E-state index contributed by atoms with van der Waals surface area (Å²) in [7, 11) is -3.66. The summed E-state index contributed by atoms with van der Waals surface area (Å²) < 4.78 is 38.3. The summed E-state index contributed by atoms with van der Waals surface area (Å²) in [5, 5.41) is 3.77. The van der Waals surface area contributed by atoms with Gasteiger partial charge in [-0.3, -0.25) is 0 Å². The molecule has 0 saturated heterocycles. The number of aromatic nitrogens is 1. The van der Waals surface area contributed by atoms with E-state index in [0.29, 0.717) is 11.1 Å². The van der Waals surface area contributed by atoms with Crippen molar-refractivity contribution < 1.29 is 21.9 Å². The Labute approximate surface area is 137 Å². The van der Waals surface area contributed by atoms with Gasteiger partial charge in [0.25, 0.3) is 5.88 Å². The van der Waals surface area contributed by atoms with Crippen LogP contribution in [0.3, 0.4) is 0 Å². The molecule has 2 aromatic rings. The SMILES string of the molecule is C/C=C(\OS(C)(=O)=O)c1onc(OCc2ccccc2)c1Br. The minimum absolute atomic E-state index is 0.0384. The Morgan fingerprint density at radius 2 is 2.05 bits per heavy atom. The molecule has 0 atom stereocenters. The topological polar surface area (TPSA) is 78.6 Å². The normalized spacial score (nSPS) is 12.2. The summed E-state index contributed by atoms with van der Waals surface area (Å²) in [6, 6.07) is 9.55. The maximum absolute atomic E-state index is 11.2. The van der Waals surface area contributed by atoms with Gasteiger partial charge in [0.1, 0.15) is 11.1 Å². The molecule has 2 rings (SSSR count). The van der Waals surface area contributed by atoms with E-state index < -0.39 is 10.1 Å². The highest BCUT2D eigenvalue weighted by Crippen LogP contribution is 2.34. The van der Waals surface area contributed by atoms with Gasteiger partial charge in [-0.2, -0.15) is 8.42 Å². The molecule has 118 valence electrons. The zero-order valence-electron chi connectivity index (χ0n) is 11.9. The van der Waals surface area contributed by atoms with E-state index in [1.54, 1.807) is 6.92 Å². The van der Waals surface area contributed by atoms with E-state index in [-0.39, 0.29) is 17.4 Å². The van der Waals surface area contributed by atoms with Crippen LogP contribution in [0.1, 0.15) is 18.2 Å². The van der Waals surface area contributed by atoms with Crippen molar-refractivity contribution in [1.82, 2.24) is 5.16 Å². The lowest BCUT2D eigenvalue weighted by Crippen LogP contribution is -2.02. The summed E-state index contributed by atoms with van der Waals surface area (Å²) in [4.78, 5) is 0. The summed E-state index contributed by atoms with van der Waals surface area (Å²) in [5.74, 6) is 0.405. The average Bonchev–Trinajstić information content (AvgIpc) is 2.84. The highest BCUT2D eigenvalue weighted by molar-refractivity contribution is 9.10. The second-order valence-electron chi connectivity index (χ2n) is 4.35. The fraction of sp³-hybridized carbons (Fsp3) is 0.214. The monoisotopic (exact) mass is 387 g/mol. The minimum atomic E-state index is -3.66. The third-order valence-corrected chi connectivity index (χ3v) is 3.73. The number of hydrogen-bond donors (Lipinski definition) is 0. The van der Waals surface area contributed by atoms with Crippen LogP contribution in [0, 0.1) is 0 Å². The first-order valence-electron chi connectivity index (χ1n) is 6.28. The lowest BCUT2D eigenvalue weighted by molar-refractivity contribution is 0.266. The molecular weight excluding hydrogens is 374 g/mol. The summed E-state index contributed by atoms with van der Waals surface area (Å²) in [5.41, 5.74) is 0.970. The standard InChI is InChI=1S/C14H14BrNO5S/c1-3-11(21-22(2,17)18)13-12(15)14(16-20-13)19-9-10-7-5-4-6-8-10/h3-8H,9H2,1-2H3/b11-3-. The Kier molecular flexibility index (Phi) is 5.25. The van der Waals surface area contributed by atoms with E-state index in [1.165, 1.54) is 6.08 Å². The van der Waals surface area contributed by atoms with Gasteiger partial charge in [-0.05, 0) is 39.6 Å². The number of halogens is 1. The van der Waals surface area contributed by atoms with Gasteiger partial charge >= 0.3 is 10.1 Å². The van der Waals surface area contributed by atoms with Crippen LogP contribution in [0.4, 0.5) is 0 Å². The second kappa shape index (κ2) is 6.97. The van der Waals surface area contributed by atoms with Gasteiger partial charge in [-0.25, -0.2) is 0 Å². The Morgan fingerprint density at radius 1 is 1.36 bits per heavy atom. The van der Waals surface area contributed by atoms with E-state index in [0.717, 1.165) is 11.8 Å². The maximum Gasteiger partial charge on any atom is 0.306 e. The molecule has 8 heteroatoms. The van der Waals surface area contributed by atoms with Crippen LogP contribution in [0.2, 0.25) is 0 Å². The van der Waals surface area contributed by atoms with Crippen molar-refractivity contribution in [3.05, 3.63) is 52.2 Å². The molecule has 0 N–H and O–H groups in total. The number of benzene rings is 1. The van der Waals surface area contributed by atoms with Crippen LogP contribution in [0.15, 0.2) is 45.4 Å². The van der Waals surface area contributed by atoms with Crippen molar-refractivity contribution in [1.29, 1.82) is 0 Å². The van der Waals surface area contributed by atoms with Gasteiger partial charge in [0.15, 0.2) is 5.76 Å². The molecular formula is C14H14BrNO5S. The third kappa shape index (κ3) is 4.35. The Morgan fingerprint density at radius 3 is 2.64 bits per heavy atom. The van der Waals surface area contributed by atoms with Crippen molar-refractivity contribution in [3.63, 3.8) is 0 Å². The molecule has 0 amide bonds. The van der Waals surface area contributed by atoms with E-state index >= 15 is 0 Å². The van der Waals surface area contributed by atoms with Crippen molar-refractivity contribution >= 4 is 31.8 Å². The van der Waals surface area contributed by atoms with Gasteiger partial charge in [0.05, 0.1) is 6.26 Å². The first kappa shape index (κ1) is 16.6. The van der Waals surface area contributed by atoms with E-state index in [1.807, 2.05) is 30.3 Å². The Hall–Kier alpha value is -1.80. The first-order valence-corrected chi connectivity index (χ1v) is 8.89. The van der Waals surface area contributed by atoms with Gasteiger partial charge in [0.2, 0.25) is 5.76 Å². The van der Waals surface area contributed by atoms with Crippen molar-refractivity contribution in [2.24, 2.45) is 0 Å². The second-order valence-corrected chi connectivity index (χ2v) is 6.71. The molecule has 0 aliphatic carbocycles. The van der Waals surface area contributed by atoms with Crippen LogP contribution in [-0.2, 0) is 20.9 Å². The number of rotatable bonds is 6. The predicted octanol–water partition coefficient (Wildman–Crippen LogP) is 3.35. The average molecular weight is 388 g/mol. The molecule has 0 bridgehead atoms. The quantitative estimate of drug-likeness (QED) is 0.558. The molecule has 22 heavy (non-hydrogen) atoms. The largest absolute Gasteiger partial charge is 0.470 e. The molecule has 0 radical (unpaired) electrons. The molecule has 1 heterocycles. The van der Waals surface area contributed by atoms with Gasteiger partial charge < -0.3 is 13.4 Å². The highest BCUT2D eigenvalue weighted by atomic mass is 79.9. The van der Waals surface area contributed by atoms with Gasteiger partial charge in [0, 0.05) is 0 Å². The summed E-state index contributed by atoms with van der Waals surface area (Å²) in [6.45, 7) is 1.93. The summed E-state index contributed by atoms with van der Waals surface area (Å²) in [6.07, 6.45) is 2.42. The minimum Gasteiger partial charge on any atom is -0.470 e. The fourth-order valence-corrected chi connectivity index (χ4v) is 2.57. The fourth-order valence-electron chi connectivity index (χ4n) is 1.61. The lowest BCUT2D eigenvalue weighted by Gasteiger charge is -2.05. The van der Waals surface area contributed by atoms with Crippen molar-refractivity contribution in [3.8, 4) is 5.88 Å². The molecule has 6 nitrogen and oxygen atoms in total. The predicted molar refractivity (Wildman–Crippen MR) is 84.6 cm³/mol. The highest BCUT2D eigenvalue weighted by Gasteiger charge is 2.22. The molecule has 0 unspecified atom stereocenters. The Bertz CT molecular complexity index is 768. The Balaban J connectivity index is 2.15. The number of nitrogens with zero attached hydrogens (tertiary/aromatic N) is 1. The zero-order valence-corrected chi connectivity index (χ0v) is 14.3. The van der Waals surface area contributed by atoms with E-state index in [4.69, 9.17) is 13.4 Å². The van der Waals surface area contributed by atoms with E-state index in [2.05, 4.69) is 21.1 Å². The molecule has 1 aromatic carbocycles. The third-order valence-electron chi connectivity index (χ3n) is 2.55. The van der Waals surface area contributed by atoms with Crippen molar-refractivity contribution in [2.45, 2.75) is 13.5 Å². The number of ether oxygens (including phenoxy) is 1. The van der Waals surface area contributed by atoms with Crippen LogP contribution in [-0.4, -0.2) is 19.8 Å². The van der Waals surface area contributed by atoms with Gasteiger partial charge in [-0.15, -0.1) is 0 Å². The smallest absolute Gasteiger partial charge is 0.306 e. The van der Waals surface area contributed by atoms with Gasteiger partial charge in [-0.1, -0.05) is 30.3 Å². The van der Waals surface area contributed by atoms with Crippen LogP contribution < -0.4 is 4.74 Å². The molecule has 0 spiro atoms. The number of hydrogen-bond acceptors (Lipinski definition) is 6. The molecule has 0 fully saturated rings. The molecule has 0 aliphatic rings. The maximum atomic E-state index is 11.2. The zero-order chi connectivity index (χ0) is 16.2. The van der Waals surface area contributed by atoms with E-state index in [9.17, 15) is 8.42 Å². The van der Waals surface area contributed by atoms with Crippen molar-refractivity contribution in [2.75, 3.05) is 6.26 Å². The van der Waals surface area contributed by atoms with Crippen LogP contribution in [0.5, 0.6) is 5.88 Å². The summed E-state index contributed by atoms with van der Waals surface area (Å²) >= 11 is 3.28. The van der Waals surface area contributed by atoms with Crippen LogP contribution in [0.25, 0.3) is 5.76 Å². The first-order chi connectivity index (χ1) is 10.4. The molecule has 0 aliphatic heterocycles. The van der Waals surface area contributed by atoms with Crippen LogP contribution >= 0.6 is 15.9 Å². The lowest BCUT2D eigenvalue weighted by atomic mass is 10.2. The number of allylic oxidation sites excluding steroid dienone is 1. The molecule has 0 saturated carbocycles. The molecule has 1 aromatic heterocycles.